The molecule has 0 spiro atoms. The predicted octanol–water partition coefficient (Wildman–Crippen LogP) is 3.62. The molecule has 8 nitrogen and oxygen atoms in total. The van der Waals surface area contributed by atoms with Gasteiger partial charge in [-0.2, -0.15) is 0 Å². The number of pyridine rings is 1. The summed E-state index contributed by atoms with van der Waals surface area (Å²) >= 11 is 3.53. The molecular weight excluding hydrogens is 502 g/mol. The number of nitrogens with one attached hydrogen (secondary N) is 1. The maximum Gasteiger partial charge on any atom is 0.328 e. The quantitative estimate of drug-likeness (QED) is 0.349. The fourth-order valence-corrected chi connectivity index (χ4v) is 3.65. The number of nitrogens with zero attached hydrogens (tertiary/aromatic N) is 2. The summed E-state index contributed by atoms with van der Waals surface area (Å²) in [7, 11) is 0. The number of rotatable bonds is 11. The third-order valence-corrected chi connectivity index (χ3v) is 5.62. The van der Waals surface area contributed by atoms with Crippen LogP contribution in [0, 0.1) is 0 Å². The second-order valence-electron chi connectivity index (χ2n) is 7.49. The minimum Gasteiger partial charge on any atom is -0.489 e. The number of amides is 1. The van der Waals surface area contributed by atoms with Crippen molar-refractivity contribution in [1.82, 2.24) is 10.3 Å². The van der Waals surface area contributed by atoms with E-state index in [1.165, 1.54) is 6.20 Å². The van der Waals surface area contributed by atoms with Gasteiger partial charge < -0.3 is 25.2 Å². The molecule has 1 amide bonds. The van der Waals surface area contributed by atoms with Gasteiger partial charge in [0.15, 0.2) is 6.04 Å². The van der Waals surface area contributed by atoms with E-state index < -0.39 is 24.5 Å². The summed E-state index contributed by atoms with van der Waals surface area (Å²) in [6.45, 7) is 2.95. The van der Waals surface area contributed by atoms with E-state index in [2.05, 4.69) is 26.2 Å². The molecule has 3 aromatic rings. The zero-order valence-corrected chi connectivity index (χ0v) is 20.2. The first-order valence-corrected chi connectivity index (χ1v) is 11.5. The van der Waals surface area contributed by atoms with Crippen molar-refractivity contribution in [2.75, 3.05) is 18.1 Å². The number of hydrogen-bond acceptors (Lipinski definition) is 6. The van der Waals surface area contributed by atoms with Crippen LogP contribution in [-0.4, -0.2) is 46.3 Å². The van der Waals surface area contributed by atoms with E-state index in [-0.39, 0.29) is 5.56 Å². The lowest BCUT2D eigenvalue weighted by Crippen LogP contribution is -2.43. The number of aliphatic carboxylic acids is 1. The monoisotopic (exact) mass is 527 g/mol. The number of halogens is 1. The maximum atomic E-state index is 12.3. The Morgan fingerprint density at radius 2 is 1.91 bits per heavy atom. The zero-order chi connectivity index (χ0) is 24.5. The number of carboxylic acids is 1. The Balaban J connectivity index is 1.73. The van der Waals surface area contributed by atoms with Crippen LogP contribution in [0.2, 0.25) is 0 Å². The van der Waals surface area contributed by atoms with Crippen LogP contribution in [0.3, 0.4) is 0 Å². The number of carbonyl (C=O) groups excluding carboxylic acids is 1. The molecule has 9 heteroatoms. The van der Waals surface area contributed by atoms with Crippen LogP contribution in [0.25, 0.3) is 0 Å². The first-order chi connectivity index (χ1) is 16.4. The number of ether oxygens (including phenoxy) is 1. The second-order valence-corrected chi connectivity index (χ2v) is 8.41. The molecule has 3 N–H and O–H groups in total. The van der Waals surface area contributed by atoms with Crippen molar-refractivity contribution in [2.24, 2.45) is 0 Å². The van der Waals surface area contributed by atoms with Crippen LogP contribution in [0.4, 0.5) is 5.82 Å². The van der Waals surface area contributed by atoms with Gasteiger partial charge in [0.25, 0.3) is 5.91 Å². The van der Waals surface area contributed by atoms with Crippen LogP contribution in [0.1, 0.15) is 28.4 Å². The number of aliphatic hydroxyl groups is 1. The Bertz CT molecular complexity index is 1110. The van der Waals surface area contributed by atoms with Crippen LogP contribution in [0.15, 0.2) is 71.3 Å². The molecule has 1 unspecified atom stereocenters. The molecular formula is C25H26BrN3O5. The molecule has 178 valence electrons. The van der Waals surface area contributed by atoms with Crippen LogP contribution in [0.5, 0.6) is 5.75 Å². The number of anilines is 1. The summed E-state index contributed by atoms with van der Waals surface area (Å²) in [4.78, 5) is 29.7. The number of aromatic nitrogens is 1. The molecule has 0 aliphatic carbocycles. The summed E-state index contributed by atoms with van der Waals surface area (Å²) in [5, 5.41) is 20.3. The smallest absolute Gasteiger partial charge is 0.328 e. The van der Waals surface area contributed by atoms with Gasteiger partial charge in [-0.1, -0.05) is 46.3 Å². The zero-order valence-electron chi connectivity index (χ0n) is 18.6. The van der Waals surface area contributed by atoms with Gasteiger partial charge in [-0.3, -0.25) is 4.79 Å². The van der Waals surface area contributed by atoms with Crippen molar-refractivity contribution >= 4 is 33.6 Å². The number of aliphatic hydroxyl groups excluding tert-OH is 1. The Morgan fingerprint density at radius 1 is 1.15 bits per heavy atom. The highest BCUT2D eigenvalue weighted by molar-refractivity contribution is 9.10. The molecule has 34 heavy (non-hydrogen) atoms. The third kappa shape index (κ3) is 6.79. The number of benzene rings is 2. The summed E-state index contributed by atoms with van der Waals surface area (Å²) < 4.78 is 7.02. The van der Waals surface area contributed by atoms with Crippen molar-refractivity contribution in [1.29, 1.82) is 0 Å². The summed E-state index contributed by atoms with van der Waals surface area (Å²) in [6.07, 6.45) is 1.39. The Hall–Kier alpha value is -3.43. The van der Waals surface area contributed by atoms with E-state index in [9.17, 15) is 9.59 Å². The fourth-order valence-electron chi connectivity index (χ4n) is 3.24. The molecule has 1 heterocycles. The van der Waals surface area contributed by atoms with Crippen molar-refractivity contribution in [3.63, 3.8) is 0 Å². The molecule has 2 aromatic carbocycles. The van der Waals surface area contributed by atoms with Crippen LogP contribution in [-0.2, 0) is 17.9 Å². The number of hydrogen-bond donors (Lipinski definition) is 3. The average molecular weight is 528 g/mol. The first kappa shape index (κ1) is 25.2. The molecule has 0 radical (unpaired) electrons. The van der Waals surface area contributed by atoms with Gasteiger partial charge in [0, 0.05) is 29.3 Å². The van der Waals surface area contributed by atoms with Crippen molar-refractivity contribution in [3.05, 3.63) is 88.0 Å². The molecule has 3 rings (SSSR count). The van der Waals surface area contributed by atoms with E-state index in [0.717, 1.165) is 21.3 Å². The maximum absolute atomic E-state index is 12.3. The topological polar surface area (TPSA) is 112 Å². The van der Waals surface area contributed by atoms with Gasteiger partial charge in [-0.05, 0) is 42.8 Å². The van der Waals surface area contributed by atoms with E-state index in [1.54, 1.807) is 12.1 Å². The lowest BCUT2D eigenvalue weighted by molar-refractivity contribution is -0.140. The third-order valence-electron chi connectivity index (χ3n) is 5.12. The van der Waals surface area contributed by atoms with Crippen LogP contribution >= 0.6 is 15.9 Å². The largest absolute Gasteiger partial charge is 0.489 e. The Labute approximate surface area is 206 Å². The molecule has 1 atom stereocenters. The second kappa shape index (κ2) is 12.2. The molecule has 0 saturated heterocycles. The van der Waals surface area contributed by atoms with Crippen LogP contribution < -0.4 is 15.0 Å². The summed E-state index contributed by atoms with van der Waals surface area (Å²) in [5.41, 5.74) is 2.25. The summed E-state index contributed by atoms with van der Waals surface area (Å²) in [5.74, 6) is -0.501. The molecule has 0 aliphatic rings. The highest BCUT2D eigenvalue weighted by atomic mass is 79.9. The normalized spacial score (nSPS) is 11.5. The van der Waals surface area contributed by atoms with Gasteiger partial charge in [-0.25, -0.2) is 9.78 Å². The van der Waals surface area contributed by atoms with E-state index in [0.29, 0.717) is 25.5 Å². The van der Waals surface area contributed by atoms with Gasteiger partial charge in [0.1, 0.15) is 18.2 Å². The molecule has 0 aliphatic heterocycles. The fraction of sp³-hybridized carbons (Fsp3) is 0.240. The average Bonchev–Trinajstić information content (AvgIpc) is 2.85. The molecule has 0 fully saturated rings. The van der Waals surface area contributed by atoms with E-state index in [1.807, 2.05) is 60.4 Å². The highest BCUT2D eigenvalue weighted by Gasteiger charge is 2.20. The van der Waals surface area contributed by atoms with E-state index in [4.69, 9.17) is 14.9 Å². The first-order valence-electron chi connectivity index (χ1n) is 10.7. The molecule has 0 saturated carbocycles. The minimum absolute atomic E-state index is 0.203. The standard InChI is InChI=1S/C25H26BrN3O5/c1-2-29(23-11-8-18(13-27-23)24(31)28-21(15-30)25(32)33)14-19-12-20(26)9-10-22(19)34-16-17-6-4-3-5-7-17/h3-13,21,30H,2,14-16H2,1H3,(H,28,31)(H,32,33). The molecule has 0 bridgehead atoms. The minimum atomic E-state index is -1.37. The predicted molar refractivity (Wildman–Crippen MR) is 132 cm³/mol. The van der Waals surface area contributed by atoms with Gasteiger partial charge in [0.05, 0.1) is 12.2 Å². The SMILES string of the molecule is CCN(Cc1cc(Br)ccc1OCc1ccccc1)c1ccc(C(=O)NC(CO)C(=O)O)cn1. The highest BCUT2D eigenvalue weighted by Crippen LogP contribution is 2.27. The summed E-state index contributed by atoms with van der Waals surface area (Å²) in [6, 6.07) is 17.7. The van der Waals surface area contributed by atoms with Crippen molar-refractivity contribution < 1.29 is 24.5 Å². The van der Waals surface area contributed by atoms with Gasteiger partial charge >= 0.3 is 5.97 Å². The lowest BCUT2D eigenvalue weighted by Gasteiger charge is -2.24. The Kier molecular flexibility index (Phi) is 9.00. The van der Waals surface area contributed by atoms with E-state index >= 15 is 0 Å². The Morgan fingerprint density at radius 3 is 2.53 bits per heavy atom. The molecule has 1 aromatic heterocycles. The number of carboxylic acid groups (broad SMARTS) is 1. The van der Waals surface area contributed by atoms with Crippen molar-refractivity contribution in [3.8, 4) is 5.75 Å². The number of carbonyl (C=O) groups is 2. The van der Waals surface area contributed by atoms with Gasteiger partial charge in [-0.15, -0.1) is 0 Å². The van der Waals surface area contributed by atoms with Gasteiger partial charge in [0.2, 0.25) is 0 Å². The lowest BCUT2D eigenvalue weighted by atomic mass is 10.1. The van der Waals surface area contributed by atoms with Crippen molar-refractivity contribution in [2.45, 2.75) is 26.1 Å².